The van der Waals surface area contributed by atoms with Crippen LogP contribution in [-0.4, -0.2) is 10.1 Å². The fourth-order valence-electron chi connectivity index (χ4n) is 0.702. The molecule has 0 aliphatic carbocycles. The zero-order chi connectivity index (χ0) is 8.69. The average Bonchev–Trinajstić information content (AvgIpc) is 2.09. The summed E-state index contributed by atoms with van der Waals surface area (Å²) in [4.78, 5) is 3.95. The van der Waals surface area contributed by atoms with Crippen LogP contribution in [0.3, 0.4) is 0 Å². The molecule has 0 saturated heterocycles. The van der Waals surface area contributed by atoms with Crippen LogP contribution in [0.1, 0.15) is 26.5 Å². The zero-order valence-corrected chi connectivity index (χ0v) is 7.33. The molecule has 0 radical (unpaired) electrons. The van der Waals surface area contributed by atoms with Crippen molar-refractivity contribution in [1.82, 2.24) is 4.98 Å². The van der Waals surface area contributed by atoms with Gasteiger partial charge in [-0.25, -0.2) is 0 Å². The van der Waals surface area contributed by atoms with Crippen molar-refractivity contribution in [3.63, 3.8) is 0 Å². The second-order valence-electron chi connectivity index (χ2n) is 1.82. The second-order valence-corrected chi connectivity index (χ2v) is 1.82. The predicted molar refractivity (Wildman–Crippen MR) is 46.6 cm³/mol. The minimum atomic E-state index is 0.292. The maximum Gasteiger partial charge on any atom is 0.137 e. The minimum absolute atomic E-state index is 0.292. The van der Waals surface area contributed by atoms with Crippen molar-refractivity contribution in [3.8, 4) is 5.75 Å². The average molecular weight is 153 g/mol. The number of rotatable bonds is 1. The molecule has 0 bridgehead atoms. The summed E-state index contributed by atoms with van der Waals surface area (Å²) in [5.74, 6) is 0.292. The first-order chi connectivity index (χ1) is 5.34. The van der Waals surface area contributed by atoms with Crippen molar-refractivity contribution in [2.24, 2.45) is 0 Å². The van der Waals surface area contributed by atoms with E-state index >= 15 is 0 Å². The molecule has 2 heteroatoms. The number of pyridine rings is 1. The lowest BCUT2D eigenvalue weighted by atomic mass is 10.3. The topological polar surface area (TPSA) is 33.1 Å². The molecule has 1 heterocycles. The van der Waals surface area contributed by atoms with E-state index in [9.17, 15) is 0 Å². The van der Waals surface area contributed by atoms with Crippen LogP contribution in [0.2, 0.25) is 0 Å². The van der Waals surface area contributed by atoms with Crippen LogP contribution in [-0.2, 0) is 6.42 Å². The molecule has 0 aliphatic rings. The van der Waals surface area contributed by atoms with E-state index in [2.05, 4.69) is 4.98 Å². The Morgan fingerprint density at radius 1 is 1.45 bits per heavy atom. The highest BCUT2D eigenvalue weighted by Crippen LogP contribution is 2.11. The van der Waals surface area contributed by atoms with E-state index < -0.39 is 0 Å². The van der Waals surface area contributed by atoms with Crippen molar-refractivity contribution < 1.29 is 5.11 Å². The standard InChI is InChI=1S/C7H9NO.C2H6/c1-2-6-7(9)4-3-5-8-6;1-2/h3-5,9H,2H2,1H3;1-2H3. The van der Waals surface area contributed by atoms with Gasteiger partial charge < -0.3 is 5.11 Å². The van der Waals surface area contributed by atoms with Gasteiger partial charge in [-0.1, -0.05) is 20.8 Å². The van der Waals surface area contributed by atoms with Crippen molar-refractivity contribution in [2.75, 3.05) is 0 Å². The lowest BCUT2D eigenvalue weighted by molar-refractivity contribution is 0.465. The fraction of sp³-hybridized carbons (Fsp3) is 0.444. The largest absolute Gasteiger partial charge is 0.506 e. The van der Waals surface area contributed by atoms with E-state index in [0.717, 1.165) is 12.1 Å². The van der Waals surface area contributed by atoms with Gasteiger partial charge in [0, 0.05) is 6.20 Å². The van der Waals surface area contributed by atoms with Crippen LogP contribution < -0.4 is 0 Å². The predicted octanol–water partition coefficient (Wildman–Crippen LogP) is 2.38. The van der Waals surface area contributed by atoms with E-state index in [-0.39, 0.29) is 0 Å². The highest BCUT2D eigenvalue weighted by Gasteiger charge is 1.94. The molecule has 0 aliphatic heterocycles. The monoisotopic (exact) mass is 153 g/mol. The molecule has 0 spiro atoms. The van der Waals surface area contributed by atoms with Gasteiger partial charge in [0.15, 0.2) is 0 Å². The second kappa shape index (κ2) is 5.71. The van der Waals surface area contributed by atoms with E-state index in [1.54, 1.807) is 18.3 Å². The molecule has 0 amide bonds. The summed E-state index contributed by atoms with van der Waals surface area (Å²) in [6, 6.07) is 3.36. The first-order valence-electron chi connectivity index (χ1n) is 3.97. The Morgan fingerprint density at radius 2 is 2.09 bits per heavy atom. The van der Waals surface area contributed by atoms with Crippen LogP contribution >= 0.6 is 0 Å². The zero-order valence-electron chi connectivity index (χ0n) is 7.33. The van der Waals surface area contributed by atoms with Crippen LogP contribution in [0.4, 0.5) is 0 Å². The normalized spacial score (nSPS) is 8.27. The Balaban J connectivity index is 0.000000461. The van der Waals surface area contributed by atoms with E-state index in [0.29, 0.717) is 5.75 Å². The summed E-state index contributed by atoms with van der Waals surface area (Å²) in [5, 5.41) is 9.05. The van der Waals surface area contributed by atoms with Crippen molar-refractivity contribution >= 4 is 0 Å². The molecule has 0 aromatic carbocycles. The molecular formula is C9H15NO. The minimum Gasteiger partial charge on any atom is -0.506 e. The molecular weight excluding hydrogens is 138 g/mol. The summed E-state index contributed by atoms with van der Waals surface area (Å²) in [5.41, 5.74) is 0.762. The third kappa shape index (κ3) is 3.03. The highest BCUT2D eigenvalue weighted by atomic mass is 16.3. The number of aromatic nitrogens is 1. The van der Waals surface area contributed by atoms with Gasteiger partial charge in [-0.05, 0) is 18.6 Å². The van der Waals surface area contributed by atoms with Gasteiger partial charge in [-0.3, -0.25) is 4.98 Å². The summed E-state index contributed by atoms with van der Waals surface area (Å²) >= 11 is 0. The first kappa shape index (κ1) is 9.95. The molecule has 0 unspecified atom stereocenters. The SMILES string of the molecule is CC.CCc1ncccc1O. The highest BCUT2D eigenvalue weighted by molar-refractivity contribution is 5.24. The van der Waals surface area contributed by atoms with Crippen molar-refractivity contribution in [3.05, 3.63) is 24.0 Å². The summed E-state index contributed by atoms with van der Waals surface area (Å²) in [6.07, 6.45) is 2.46. The van der Waals surface area contributed by atoms with Gasteiger partial charge >= 0.3 is 0 Å². The van der Waals surface area contributed by atoms with Gasteiger partial charge in [0.25, 0.3) is 0 Å². The molecule has 0 saturated carbocycles. The molecule has 2 nitrogen and oxygen atoms in total. The Morgan fingerprint density at radius 3 is 2.45 bits per heavy atom. The molecule has 0 atom stereocenters. The van der Waals surface area contributed by atoms with E-state index in [1.165, 1.54) is 0 Å². The van der Waals surface area contributed by atoms with Gasteiger partial charge in [-0.15, -0.1) is 0 Å². The number of hydrogen-bond donors (Lipinski definition) is 1. The van der Waals surface area contributed by atoms with Crippen LogP contribution in [0.5, 0.6) is 5.75 Å². The summed E-state index contributed by atoms with van der Waals surface area (Å²) < 4.78 is 0. The Hall–Kier alpha value is -1.05. The van der Waals surface area contributed by atoms with Crippen LogP contribution in [0.25, 0.3) is 0 Å². The third-order valence-corrected chi connectivity index (χ3v) is 1.20. The van der Waals surface area contributed by atoms with Gasteiger partial charge in [0.2, 0.25) is 0 Å². The Bertz CT molecular complexity index is 199. The Kier molecular flexibility index (Phi) is 5.17. The molecule has 1 N–H and O–H groups in total. The van der Waals surface area contributed by atoms with Crippen LogP contribution in [0.15, 0.2) is 18.3 Å². The number of aromatic hydroxyl groups is 1. The van der Waals surface area contributed by atoms with Gasteiger partial charge in [-0.2, -0.15) is 0 Å². The van der Waals surface area contributed by atoms with Crippen molar-refractivity contribution in [2.45, 2.75) is 27.2 Å². The quantitative estimate of drug-likeness (QED) is 0.672. The Labute approximate surface area is 67.9 Å². The van der Waals surface area contributed by atoms with Gasteiger partial charge in [0.1, 0.15) is 5.75 Å². The van der Waals surface area contributed by atoms with E-state index in [4.69, 9.17) is 5.11 Å². The molecule has 1 aromatic heterocycles. The maximum atomic E-state index is 9.05. The summed E-state index contributed by atoms with van der Waals surface area (Å²) in [7, 11) is 0. The van der Waals surface area contributed by atoms with Gasteiger partial charge in [0.05, 0.1) is 5.69 Å². The number of aryl methyl sites for hydroxylation is 1. The molecule has 1 aromatic rings. The first-order valence-corrected chi connectivity index (χ1v) is 3.97. The van der Waals surface area contributed by atoms with E-state index in [1.807, 2.05) is 20.8 Å². The fourth-order valence-corrected chi connectivity index (χ4v) is 0.702. The molecule has 11 heavy (non-hydrogen) atoms. The molecule has 1 rings (SSSR count). The molecule has 62 valence electrons. The number of hydrogen-bond acceptors (Lipinski definition) is 2. The number of nitrogens with zero attached hydrogens (tertiary/aromatic N) is 1. The maximum absolute atomic E-state index is 9.05. The lowest BCUT2D eigenvalue weighted by Crippen LogP contribution is -1.84. The molecule has 0 fully saturated rings. The third-order valence-electron chi connectivity index (χ3n) is 1.20. The smallest absolute Gasteiger partial charge is 0.137 e. The van der Waals surface area contributed by atoms with Crippen molar-refractivity contribution in [1.29, 1.82) is 0 Å². The summed E-state index contributed by atoms with van der Waals surface area (Å²) in [6.45, 7) is 5.96. The lowest BCUT2D eigenvalue weighted by Gasteiger charge is -1.95. The van der Waals surface area contributed by atoms with Crippen LogP contribution in [0, 0.1) is 0 Å².